The van der Waals surface area contributed by atoms with Gasteiger partial charge in [-0.2, -0.15) is 9.29 Å². The van der Waals surface area contributed by atoms with Crippen molar-refractivity contribution in [1.82, 2.24) is 19.8 Å². The smallest absolute Gasteiger partial charge is 0.248 e. The second-order valence-electron chi connectivity index (χ2n) is 5.98. The number of carbonyl (C=O) groups excluding carboxylic acids is 1. The Morgan fingerprint density at radius 2 is 1.96 bits per heavy atom. The Morgan fingerprint density at radius 3 is 2.52 bits per heavy atom. The van der Waals surface area contributed by atoms with E-state index in [0.717, 1.165) is 15.4 Å². The quantitative estimate of drug-likeness (QED) is 0.830. The van der Waals surface area contributed by atoms with Gasteiger partial charge in [0.2, 0.25) is 21.8 Å². The van der Waals surface area contributed by atoms with Crippen LogP contribution in [0.2, 0.25) is 0 Å². The van der Waals surface area contributed by atoms with E-state index < -0.39 is 22.0 Å². The highest BCUT2D eigenvalue weighted by Gasteiger charge is 2.24. The maximum absolute atomic E-state index is 12.6. The summed E-state index contributed by atoms with van der Waals surface area (Å²) in [5.74, 6) is 0.273. The fourth-order valence-corrected chi connectivity index (χ4v) is 3.39. The van der Waals surface area contributed by atoms with Crippen molar-refractivity contribution >= 4 is 15.9 Å². The third kappa shape index (κ3) is 4.43. The van der Waals surface area contributed by atoms with E-state index in [1.54, 1.807) is 26.0 Å². The van der Waals surface area contributed by atoms with Crippen molar-refractivity contribution in [2.75, 3.05) is 13.6 Å². The molecule has 1 aromatic heterocycles. The van der Waals surface area contributed by atoms with Crippen molar-refractivity contribution in [3.05, 3.63) is 41.0 Å². The Kier molecular flexibility index (Phi) is 5.58. The molecule has 0 bridgehead atoms. The van der Waals surface area contributed by atoms with Gasteiger partial charge in [-0.25, -0.2) is 8.42 Å². The van der Waals surface area contributed by atoms with Crippen molar-refractivity contribution in [3.8, 4) is 0 Å². The van der Waals surface area contributed by atoms with Gasteiger partial charge in [-0.3, -0.25) is 4.79 Å². The molecule has 9 heteroatoms. The largest absolute Gasteiger partial charge is 0.343 e. The molecule has 0 aliphatic heterocycles. The predicted octanol–water partition coefficient (Wildman–Crippen LogP) is 1.49. The zero-order valence-electron chi connectivity index (χ0n) is 14.9. The van der Waals surface area contributed by atoms with E-state index >= 15 is 0 Å². The molecule has 0 radical (unpaired) electrons. The fourth-order valence-electron chi connectivity index (χ4n) is 2.18. The summed E-state index contributed by atoms with van der Waals surface area (Å²) in [5, 5.41) is 6.30. The van der Waals surface area contributed by atoms with Crippen LogP contribution in [-0.4, -0.2) is 42.4 Å². The van der Waals surface area contributed by atoms with E-state index in [4.69, 9.17) is 4.52 Å². The summed E-state index contributed by atoms with van der Waals surface area (Å²) in [6.07, 6.45) is 0. The minimum Gasteiger partial charge on any atom is -0.343 e. The fraction of sp³-hybridized carbons (Fsp3) is 0.438. The van der Waals surface area contributed by atoms with E-state index in [-0.39, 0.29) is 17.3 Å². The lowest BCUT2D eigenvalue weighted by Gasteiger charge is -2.18. The highest BCUT2D eigenvalue weighted by Crippen LogP contribution is 2.18. The lowest BCUT2D eigenvalue weighted by atomic mass is 10.1. The van der Waals surface area contributed by atoms with Crippen molar-refractivity contribution in [2.45, 2.75) is 38.6 Å². The molecule has 0 aliphatic carbocycles. The van der Waals surface area contributed by atoms with Gasteiger partial charge in [0.05, 0.1) is 11.4 Å². The summed E-state index contributed by atoms with van der Waals surface area (Å²) < 4.78 is 31.2. The number of hydrogen-bond donors (Lipinski definition) is 1. The molecule has 0 fully saturated rings. The maximum Gasteiger partial charge on any atom is 0.248 e. The van der Waals surface area contributed by atoms with Gasteiger partial charge in [0.1, 0.15) is 6.04 Å². The summed E-state index contributed by atoms with van der Waals surface area (Å²) in [6, 6.07) is 4.38. The van der Waals surface area contributed by atoms with Gasteiger partial charge in [0.15, 0.2) is 5.82 Å². The molecule has 0 spiro atoms. The van der Waals surface area contributed by atoms with Crippen molar-refractivity contribution in [3.63, 3.8) is 0 Å². The molecule has 8 nitrogen and oxygen atoms in total. The topological polar surface area (TPSA) is 105 Å². The van der Waals surface area contributed by atoms with Gasteiger partial charge < -0.3 is 9.84 Å². The van der Waals surface area contributed by atoms with Gasteiger partial charge >= 0.3 is 0 Å². The van der Waals surface area contributed by atoms with Crippen LogP contribution in [0.5, 0.6) is 0 Å². The zero-order chi connectivity index (χ0) is 18.8. The number of nitrogens with one attached hydrogen (secondary N) is 1. The molecule has 136 valence electrons. The zero-order valence-corrected chi connectivity index (χ0v) is 15.7. The van der Waals surface area contributed by atoms with Gasteiger partial charge in [-0.1, -0.05) is 11.2 Å². The van der Waals surface area contributed by atoms with Crippen LogP contribution in [-0.2, 0) is 14.8 Å². The molecule has 2 rings (SSSR count). The average molecular weight is 366 g/mol. The number of rotatable bonds is 6. The predicted molar refractivity (Wildman–Crippen MR) is 91.3 cm³/mol. The summed E-state index contributed by atoms with van der Waals surface area (Å²) in [5.41, 5.74) is 1.88. The number of sulfonamides is 1. The average Bonchev–Trinajstić information content (AvgIpc) is 2.96. The number of hydrogen-bond acceptors (Lipinski definition) is 6. The van der Waals surface area contributed by atoms with Crippen LogP contribution in [0.3, 0.4) is 0 Å². The molecule has 1 unspecified atom stereocenters. The minimum absolute atomic E-state index is 0.159. The summed E-state index contributed by atoms with van der Waals surface area (Å²) in [6.45, 7) is 6.79. The highest BCUT2D eigenvalue weighted by molar-refractivity contribution is 7.89. The van der Waals surface area contributed by atoms with Crippen LogP contribution in [0.4, 0.5) is 0 Å². The number of benzene rings is 1. The Balaban J connectivity index is 2.05. The maximum atomic E-state index is 12.6. The molecule has 1 atom stereocenters. The second-order valence-corrected chi connectivity index (χ2v) is 8.02. The minimum atomic E-state index is -3.75. The summed E-state index contributed by atoms with van der Waals surface area (Å²) in [7, 11) is -2.38. The van der Waals surface area contributed by atoms with E-state index in [9.17, 15) is 13.2 Å². The van der Waals surface area contributed by atoms with E-state index in [2.05, 4.69) is 15.5 Å². The molecule has 0 aliphatic rings. The molecule has 2 aromatic rings. The molecular formula is C16H22N4O4S. The monoisotopic (exact) mass is 366 g/mol. The van der Waals surface area contributed by atoms with Crippen LogP contribution < -0.4 is 5.32 Å². The SMILES string of the molecule is Cc1noc(C(C)NC(=O)CN(C)S(=O)(=O)c2ccc(C)c(C)c2)n1. The normalized spacial score (nSPS) is 13.0. The third-order valence-corrected chi connectivity index (χ3v) is 5.64. The number of likely N-dealkylation sites (N-methyl/N-ethyl adjacent to an activating group) is 1. The van der Waals surface area contributed by atoms with Crippen LogP contribution >= 0.6 is 0 Å². The number of aromatic nitrogens is 2. The Morgan fingerprint density at radius 1 is 1.28 bits per heavy atom. The first kappa shape index (κ1) is 19.1. The number of carbonyl (C=O) groups is 1. The number of amides is 1. The lowest BCUT2D eigenvalue weighted by molar-refractivity contribution is -0.121. The van der Waals surface area contributed by atoms with Crippen LogP contribution in [0.1, 0.15) is 35.8 Å². The van der Waals surface area contributed by atoms with Gasteiger partial charge in [0.25, 0.3) is 0 Å². The molecule has 0 saturated carbocycles. The molecule has 1 amide bonds. The highest BCUT2D eigenvalue weighted by atomic mass is 32.2. The second kappa shape index (κ2) is 7.32. The first-order valence-corrected chi connectivity index (χ1v) is 9.18. The van der Waals surface area contributed by atoms with Crippen LogP contribution in [0.15, 0.2) is 27.6 Å². The Hall–Kier alpha value is -2.26. The summed E-state index contributed by atoms with van der Waals surface area (Å²) in [4.78, 5) is 16.3. The van der Waals surface area contributed by atoms with E-state index in [1.165, 1.54) is 13.1 Å². The molecular weight excluding hydrogens is 344 g/mol. The van der Waals surface area contributed by atoms with E-state index in [0.29, 0.717) is 5.82 Å². The molecule has 1 heterocycles. The van der Waals surface area contributed by atoms with Gasteiger partial charge in [0, 0.05) is 7.05 Å². The van der Waals surface area contributed by atoms with Gasteiger partial charge in [-0.05, 0) is 51.0 Å². The molecule has 1 aromatic carbocycles. The van der Waals surface area contributed by atoms with Crippen LogP contribution in [0, 0.1) is 20.8 Å². The molecule has 1 N–H and O–H groups in total. The van der Waals surface area contributed by atoms with Crippen molar-refractivity contribution in [2.24, 2.45) is 0 Å². The third-order valence-electron chi connectivity index (χ3n) is 3.84. The Bertz CT molecular complexity index is 876. The number of nitrogens with zero attached hydrogens (tertiary/aromatic N) is 3. The molecule has 25 heavy (non-hydrogen) atoms. The van der Waals surface area contributed by atoms with Crippen LogP contribution in [0.25, 0.3) is 0 Å². The lowest BCUT2D eigenvalue weighted by Crippen LogP contribution is -2.39. The van der Waals surface area contributed by atoms with E-state index in [1.807, 2.05) is 13.8 Å². The first-order valence-electron chi connectivity index (χ1n) is 7.74. The van der Waals surface area contributed by atoms with Crippen molar-refractivity contribution < 1.29 is 17.7 Å². The first-order chi connectivity index (χ1) is 11.6. The van der Waals surface area contributed by atoms with Gasteiger partial charge in [-0.15, -0.1) is 0 Å². The number of aryl methyl sites for hydroxylation is 3. The standard InChI is InChI=1S/C16H22N4O4S/c1-10-6-7-14(8-11(10)2)25(22,23)20(5)9-15(21)17-12(3)16-18-13(4)19-24-16/h6-8,12H,9H2,1-5H3,(H,17,21). The Labute approximate surface area is 147 Å². The molecule has 0 saturated heterocycles. The summed E-state index contributed by atoms with van der Waals surface area (Å²) >= 11 is 0. The van der Waals surface area contributed by atoms with Crippen molar-refractivity contribution in [1.29, 1.82) is 0 Å².